The molecule has 118 valence electrons. The lowest BCUT2D eigenvalue weighted by molar-refractivity contribution is 0.606. The molecule has 0 bridgehead atoms. The topological polar surface area (TPSA) is 0 Å². The summed E-state index contributed by atoms with van der Waals surface area (Å²) >= 11 is 0. The van der Waals surface area contributed by atoms with Crippen LogP contribution in [0.15, 0.2) is 73.8 Å². The monoisotopic (exact) mass is 318 g/mol. The molecule has 3 aromatic carbocycles. The number of hydrogen-bond acceptors (Lipinski definition) is 0. The van der Waals surface area contributed by atoms with Crippen LogP contribution in [0.4, 0.5) is 8.78 Å². The van der Waals surface area contributed by atoms with Crippen LogP contribution < -0.4 is 0 Å². The summed E-state index contributed by atoms with van der Waals surface area (Å²) in [5.41, 5.74) is 3.20. The van der Waals surface area contributed by atoms with E-state index < -0.39 is 11.6 Å². The van der Waals surface area contributed by atoms with E-state index >= 15 is 0 Å². The highest BCUT2D eigenvalue weighted by Gasteiger charge is 2.15. The van der Waals surface area contributed by atoms with E-state index in [1.807, 2.05) is 24.3 Å². The van der Waals surface area contributed by atoms with Gasteiger partial charge in [-0.2, -0.15) is 0 Å². The van der Waals surface area contributed by atoms with Crippen molar-refractivity contribution in [1.29, 1.82) is 0 Å². The summed E-state index contributed by atoms with van der Waals surface area (Å²) in [5, 5.41) is 0. The van der Waals surface area contributed by atoms with Crippen LogP contribution in [0.3, 0.4) is 0 Å². The molecule has 0 radical (unpaired) electrons. The molecule has 24 heavy (non-hydrogen) atoms. The van der Waals surface area contributed by atoms with Crippen molar-refractivity contribution in [2.75, 3.05) is 0 Å². The van der Waals surface area contributed by atoms with Crippen molar-refractivity contribution in [1.82, 2.24) is 0 Å². The summed E-state index contributed by atoms with van der Waals surface area (Å²) in [6, 6.07) is 16.9. The van der Waals surface area contributed by atoms with Crippen molar-refractivity contribution >= 4 is 12.2 Å². The maximum Gasteiger partial charge on any atom is 0.131 e. The van der Waals surface area contributed by atoms with Gasteiger partial charge in [0.15, 0.2) is 0 Å². The first kappa shape index (κ1) is 15.9. The fourth-order valence-corrected chi connectivity index (χ4v) is 2.80. The Labute approximate surface area is 140 Å². The first-order valence-electron chi connectivity index (χ1n) is 7.58. The predicted molar refractivity (Wildman–Crippen MR) is 97.4 cm³/mol. The van der Waals surface area contributed by atoms with Crippen LogP contribution in [0.2, 0.25) is 0 Å². The second-order valence-corrected chi connectivity index (χ2v) is 5.39. The third-order valence-corrected chi connectivity index (χ3v) is 4.00. The van der Waals surface area contributed by atoms with E-state index in [0.29, 0.717) is 11.1 Å². The largest absolute Gasteiger partial charge is 0.206 e. The average Bonchev–Trinajstić information content (AvgIpc) is 2.63. The van der Waals surface area contributed by atoms with Gasteiger partial charge in [0.05, 0.1) is 0 Å². The van der Waals surface area contributed by atoms with Gasteiger partial charge in [-0.3, -0.25) is 0 Å². The fourth-order valence-electron chi connectivity index (χ4n) is 2.80. The van der Waals surface area contributed by atoms with Crippen LogP contribution in [-0.2, 0) is 0 Å². The zero-order valence-electron chi connectivity index (χ0n) is 13.1. The Morgan fingerprint density at radius 2 is 0.958 bits per heavy atom. The van der Waals surface area contributed by atoms with E-state index in [9.17, 15) is 8.78 Å². The second kappa shape index (κ2) is 6.63. The van der Waals surface area contributed by atoms with Crippen LogP contribution >= 0.6 is 0 Å². The number of benzene rings is 3. The van der Waals surface area contributed by atoms with E-state index in [4.69, 9.17) is 0 Å². The van der Waals surface area contributed by atoms with E-state index in [2.05, 4.69) is 13.2 Å². The Bertz CT molecular complexity index is 846. The molecule has 0 aliphatic heterocycles. The van der Waals surface area contributed by atoms with Crippen molar-refractivity contribution < 1.29 is 8.78 Å². The molecule has 3 rings (SSSR count). The van der Waals surface area contributed by atoms with Crippen LogP contribution in [0.25, 0.3) is 34.4 Å². The molecule has 0 fully saturated rings. The zero-order chi connectivity index (χ0) is 17.1. The molecular weight excluding hydrogens is 302 g/mol. The molecule has 0 unspecified atom stereocenters. The van der Waals surface area contributed by atoms with Gasteiger partial charge >= 0.3 is 0 Å². The SMILES string of the molecule is C=Cc1ccccc1-c1cc(F)c(-c2ccccc2C=C)cc1F. The number of hydrogen-bond donors (Lipinski definition) is 0. The Morgan fingerprint density at radius 3 is 1.33 bits per heavy atom. The molecular formula is C22H16F2. The smallest absolute Gasteiger partial charge is 0.131 e. The van der Waals surface area contributed by atoms with E-state index in [-0.39, 0.29) is 11.1 Å². The molecule has 3 aromatic rings. The maximum atomic E-state index is 14.7. The van der Waals surface area contributed by atoms with E-state index in [1.54, 1.807) is 36.4 Å². The molecule has 0 spiro atoms. The summed E-state index contributed by atoms with van der Waals surface area (Å²) in [7, 11) is 0. The van der Waals surface area contributed by atoms with Gasteiger partial charge in [0.25, 0.3) is 0 Å². The predicted octanol–water partition coefficient (Wildman–Crippen LogP) is 6.58. The third kappa shape index (κ3) is 2.79. The van der Waals surface area contributed by atoms with Crippen LogP contribution in [0.5, 0.6) is 0 Å². The van der Waals surface area contributed by atoms with Crippen molar-refractivity contribution in [3.05, 3.63) is 96.6 Å². The standard InChI is InChI=1S/C22H16F2/c1-3-15-9-5-7-11-17(15)19-13-22(24)20(14-21(19)23)18-12-8-6-10-16(18)4-2/h3-14H,1-2H2. The van der Waals surface area contributed by atoms with E-state index in [1.165, 1.54) is 12.1 Å². The molecule has 0 aromatic heterocycles. The van der Waals surface area contributed by atoms with Crippen molar-refractivity contribution in [2.24, 2.45) is 0 Å². The summed E-state index contributed by atoms with van der Waals surface area (Å²) in [6.07, 6.45) is 3.27. The lowest BCUT2D eigenvalue weighted by Crippen LogP contribution is -1.94. The second-order valence-electron chi connectivity index (χ2n) is 5.39. The Hall–Kier alpha value is -3.00. The molecule has 0 aliphatic rings. The highest BCUT2D eigenvalue weighted by Crippen LogP contribution is 2.34. The summed E-state index contributed by atoms with van der Waals surface area (Å²) in [5.74, 6) is -0.945. The highest BCUT2D eigenvalue weighted by molar-refractivity contribution is 5.80. The minimum Gasteiger partial charge on any atom is -0.206 e. The van der Waals surface area contributed by atoms with Gasteiger partial charge in [0.2, 0.25) is 0 Å². The van der Waals surface area contributed by atoms with Crippen molar-refractivity contribution in [3.8, 4) is 22.3 Å². The molecule has 0 saturated heterocycles. The normalized spacial score (nSPS) is 10.4. The Balaban J connectivity index is 2.20. The maximum absolute atomic E-state index is 14.7. The van der Waals surface area contributed by atoms with Crippen LogP contribution in [0, 0.1) is 11.6 Å². The van der Waals surface area contributed by atoms with E-state index in [0.717, 1.165) is 11.1 Å². The number of halogens is 2. The van der Waals surface area contributed by atoms with Gasteiger partial charge in [0, 0.05) is 11.1 Å². The Morgan fingerprint density at radius 1 is 0.583 bits per heavy atom. The molecule has 0 saturated carbocycles. The molecule has 2 heteroatoms. The molecule has 0 nitrogen and oxygen atoms in total. The molecule has 0 N–H and O–H groups in total. The molecule has 0 aliphatic carbocycles. The fraction of sp³-hybridized carbons (Fsp3) is 0. The Kier molecular flexibility index (Phi) is 4.39. The molecule has 0 amide bonds. The first-order chi connectivity index (χ1) is 11.7. The van der Waals surface area contributed by atoms with Gasteiger partial charge in [-0.05, 0) is 34.4 Å². The van der Waals surface area contributed by atoms with Gasteiger partial charge in [-0.15, -0.1) is 0 Å². The summed E-state index contributed by atoms with van der Waals surface area (Å²) < 4.78 is 29.5. The average molecular weight is 318 g/mol. The lowest BCUT2D eigenvalue weighted by Gasteiger charge is -2.12. The van der Waals surface area contributed by atoms with Gasteiger partial charge in [-0.25, -0.2) is 8.78 Å². The first-order valence-corrected chi connectivity index (χ1v) is 7.58. The van der Waals surface area contributed by atoms with Crippen molar-refractivity contribution in [2.45, 2.75) is 0 Å². The minimum atomic E-state index is -0.473. The van der Waals surface area contributed by atoms with Gasteiger partial charge in [0.1, 0.15) is 11.6 Å². The summed E-state index contributed by atoms with van der Waals surface area (Å²) in [4.78, 5) is 0. The van der Waals surface area contributed by atoms with Crippen molar-refractivity contribution in [3.63, 3.8) is 0 Å². The third-order valence-electron chi connectivity index (χ3n) is 4.00. The van der Waals surface area contributed by atoms with Gasteiger partial charge in [-0.1, -0.05) is 73.8 Å². The van der Waals surface area contributed by atoms with Gasteiger partial charge < -0.3 is 0 Å². The quantitative estimate of drug-likeness (QED) is 0.509. The van der Waals surface area contributed by atoms with Crippen LogP contribution in [-0.4, -0.2) is 0 Å². The highest BCUT2D eigenvalue weighted by atomic mass is 19.1. The lowest BCUT2D eigenvalue weighted by atomic mass is 9.94. The molecule has 0 heterocycles. The summed E-state index contributed by atoms with van der Waals surface area (Å²) in [6.45, 7) is 7.46. The number of rotatable bonds is 4. The zero-order valence-corrected chi connectivity index (χ0v) is 13.1. The molecule has 0 atom stereocenters. The van der Waals surface area contributed by atoms with Crippen LogP contribution in [0.1, 0.15) is 11.1 Å². The minimum absolute atomic E-state index is 0.225.